The second-order valence-corrected chi connectivity index (χ2v) is 7.92. The molecule has 0 aliphatic heterocycles. The molecule has 25 heavy (non-hydrogen) atoms. The van der Waals surface area contributed by atoms with E-state index in [1.54, 1.807) is 6.92 Å². The van der Waals surface area contributed by atoms with Crippen molar-refractivity contribution in [3.05, 3.63) is 58.9 Å². The molecule has 1 heterocycles. The number of carbonyl (C=O) groups excluding carboxylic acids is 1. The lowest BCUT2D eigenvalue weighted by Gasteiger charge is -2.33. The van der Waals surface area contributed by atoms with E-state index in [2.05, 4.69) is 37.5 Å². The maximum atomic E-state index is 12.6. The topological polar surface area (TPSA) is 25.2 Å². The maximum absolute atomic E-state index is 12.6. The van der Waals surface area contributed by atoms with Crippen molar-refractivity contribution in [2.45, 2.75) is 52.2 Å². The lowest BCUT2D eigenvalue weighted by Crippen LogP contribution is -2.44. The SMILES string of the molecule is CC(Cl)C(=O)N(Cc1cccn1Cc1cccc(Cl)c1)C(C)C(C)C. The standard InChI is InChI=1S/C20H26Cl2N2O/c1-14(2)16(4)24(20(25)15(3)21)13-19-9-6-10-23(19)12-17-7-5-8-18(22)11-17/h5-11,14-16H,12-13H2,1-4H3. The number of amides is 1. The van der Waals surface area contributed by atoms with E-state index in [1.165, 1.54) is 0 Å². The Morgan fingerprint density at radius 1 is 1.16 bits per heavy atom. The zero-order chi connectivity index (χ0) is 18.6. The highest BCUT2D eigenvalue weighted by molar-refractivity contribution is 6.30. The van der Waals surface area contributed by atoms with Gasteiger partial charge in [0.1, 0.15) is 5.38 Å². The number of halogens is 2. The van der Waals surface area contributed by atoms with E-state index >= 15 is 0 Å². The van der Waals surface area contributed by atoms with Crippen LogP contribution < -0.4 is 0 Å². The van der Waals surface area contributed by atoms with Crippen LogP contribution in [0.3, 0.4) is 0 Å². The third-order valence-electron chi connectivity index (χ3n) is 4.58. The molecule has 0 spiro atoms. The van der Waals surface area contributed by atoms with Crippen molar-refractivity contribution in [1.29, 1.82) is 0 Å². The van der Waals surface area contributed by atoms with Gasteiger partial charge in [-0.2, -0.15) is 0 Å². The number of nitrogens with zero attached hydrogens (tertiary/aromatic N) is 2. The van der Waals surface area contributed by atoms with E-state index in [4.69, 9.17) is 23.2 Å². The Bertz CT molecular complexity index is 709. The Morgan fingerprint density at radius 2 is 1.88 bits per heavy atom. The number of alkyl halides is 1. The van der Waals surface area contributed by atoms with Crippen LogP contribution in [0.25, 0.3) is 0 Å². The summed E-state index contributed by atoms with van der Waals surface area (Å²) in [4.78, 5) is 14.5. The van der Waals surface area contributed by atoms with Gasteiger partial charge in [-0.25, -0.2) is 0 Å². The average Bonchev–Trinajstić information content (AvgIpc) is 2.98. The van der Waals surface area contributed by atoms with E-state index in [0.29, 0.717) is 12.5 Å². The molecule has 0 saturated heterocycles. The van der Waals surface area contributed by atoms with Crippen molar-refractivity contribution in [1.82, 2.24) is 9.47 Å². The van der Waals surface area contributed by atoms with Crippen molar-refractivity contribution in [2.24, 2.45) is 5.92 Å². The number of rotatable bonds is 7. The molecular weight excluding hydrogens is 355 g/mol. The summed E-state index contributed by atoms with van der Waals surface area (Å²) < 4.78 is 2.15. The molecule has 5 heteroatoms. The van der Waals surface area contributed by atoms with Crippen molar-refractivity contribution in [3.63, 3.8) is 0 Å². The average molecular weight is 381 g/mol. The van der Waals surface area contributed by atoms with Crippen molar-refractivity contribution >= 4 is 29.1 Å². The van der Waals surface area contributed by atoms with Crippen LogP contribution in [0.2, 0.25) is 5.02 Å². The van der Waals surface area contributed by atoms with Crippen LogP contribution in [0.1, 0.15) is 39.0 Å². The molecule has 1 amide bonds. The molecule has 136 valence electrons. The smallest absolute Gasteiger partial charge is 0.240 e. The largest absolute Gasteiger partial charge is 0.345 e. The van der Waals surface area contributed by atoms with Crippen molar-refractivity contribution in [3.8, 4) is 0 Å². The minimum absolute atomic E-state index is 0.0293. The van der Waals surface area contributed by atoms with Crippen LogP contribution in [0, 0.1) is 5.92 Å². The van der Waals surface area contributed by atoms with Crippen LogP contribution in [0.4, 0.5) is 0 Å². The van der Waals surface area contributed by atoms with E-state index in [9.17, 15) is 4.79 Å². The summed E-state index contributed by atoms with van der Waals surface area (Å²) in [7, 11) is 0. The summed E-state index contributed by atoms with van der Waals surface area (Å²) in [5, 5.41) is 0.199. The zero-order valence-electron chi connectivity index (χ0n) is 15.2. The number of hydrogen-bond donors (Lipinski definition) is 0. The van der Waals surface area contributed by atoms with Gasteiger partial charge in [-0.3, -0.25) is 4.79 Å². The molecular formula is C20H26Cl2N2O. The molecule has 0 radical (unpaired) electrons. The van der Waals surface area contributed by atoms with Crippen LogP contribution in [0.5, 0.6) is 0 Å². The summed E-state index contributed by atoms with van der Waals surface area (Å²) >= 11 is 12.2. The van der Waals surface area contributed by atoms with Gasteiger partial charge in [-0.1, -0.05) is 37.6 Å². The quantitative estimate of drug-likeness (QED) is 0.606. The van der Waals surface area contributed by atoms with E-state index in [-0.39, 0.29) is 11.9 Å². The number of carbonyl (C=O) groups is 1. The fraction of sp³-hybridized carbons (Fsp3) is 0.450. The molecule has 0 aliphatic carbocycles. The predicted molar refractivity (Wildman–Crippen MR) is 105 cm³/mol. The highest BCUT2D eigenvalue weighted by atomic mass is 35.5. The summed E-state index contributed by atoms with van der Waals surface area (Å²) in [5.74, 6) is 0.328. The minimum Gasteiger partial charge on any atom is -0.345 e. The molecule has 1 aromatic heterocycles. The van der Waals surface area contributed by atoms with Crippen LogP contribution in [-0.2, 0) is 17.9 Å². The second kappa shape index (κ2) is 8.77. The Kier molecular flexibility index (Phi) is 6.97. The summed E-state index contributed by atoms with van der Waals surface area (Å²) in [6.45, 7) is 9.31. The van der Waals surface area contributed by atoms with Gasteiger partial charge in [0.15, 0.2) is 0 Å². The number of benzene rings is 1. The van der Waals surface area contributed by atoms with Crippen LogP contribution in [0.15, 0.2) is 42.6 Å². The van der Waals surface area contributed by atoms with Crippen molar-refractivity contribution in [2.75, 3.05) is 0 Å². The van der Waals surface area contributed by atoms with Crippen molar-refractivity contribution < 1.29 is 4.79 Å². The zero-order valence-corrected chi connectivity index (χ0v) is 16.8. The maximum Gasteiger partial charge on any atom is 0.240 e. The fourth-order valence-electron chi connectivity index (χ4n) is 2.76. The van der Waals surface area contributed by atoms with Gasteiger partial charge in [0, 0.05) is 29.5 Å². The second-order valence-electron chi connectivity index (χ2n) is 6.82. The van der Waals surface area contributed by atoms with Gasteiger partial charge in [0.2, 0.25) is 5.91 Å². The van der Waals surface area contributed by atoms with Gasteiger partial charge >= 0.3 is 0 Å². The Morgan fingerprint density at radius 3 is 2.48 bits per heavy atom. The Balaban J connectivity index is 2.23. The lowest BCUT2D eigenvalue weighted by molar-refractivity contribution is -0.134. The Hall–Kier alpha value is -1.45. The molecule has 0 N–H and O–H groups in total. The lowest BCUT2D eigenvalue weighted by atomic mass is 10.0. The Labute approximate surface area is 160 Å². The number of hydrogen-bond acceptors (Lipinski definition) is 1. The monoisotopic (exact) mass is 380 g/mol. The van der Waals surface area contributed by atoms with Gasteiger partial charge in [0.25, 0.3) is 0 Å². The van der Waals surface area contributed by atoms with Crippen LogP contribution in [-0.4, -0.2) is 26.8 Å². The molecule has 3 nitrogen and oxygen atoms in total. The fourth-order valence-corrected chi connectivity index (χ4v) is 3.10. The first kappa shape index (κ1) is 19.9. The van der Waals surface area contributed by atoms with E-state index in [1.807, 2.05) is 35.4 Å². The highest BCUT2D eigenvalue weighted by Gasteiger charge is 2.26. The minimum atomic E-state index is -0.530. The molecule has 0 saturated carbocycles. The summed E-state index contributed by atoms with van der Waals surface area (Å²) in [6, 6.07) is 12.0. The van der Waals surface area contributed by atoms with E-state index < -0.39 is 5.38 Å². The summed E-state index contributed by atoms with van der Waals surface area (Å²) in [6.07, 6.45) is 2.03. The predicted octanol–water partition coefficient (Wildman–Crippen LogP) is 5.19. The van der Waals surface area contributed by atoms with Gasteiger partial charge in [-0.15, -0.1) is 11.6 Å². The molecule has 0 bridgehead atoms. The molecule has 2 unspecified atom stereocenters. The van der Waals surface area contributed by atoms with Gasteiger partial charge < -0.3 is 9.47 Å². The molecule has 2 rings (SSSR count). The van der Waals surface area contributed by atoms with Gasteiger partial charge in [-0.05, 0) is 49.6 Å². The molecule has 2 aromatic rings. The first-order chi connectivity index (χ1) is 11.8. The third kappa shape index (κ3) is 5.26. The van der Waals surface area contributed by atoms with E-state index in [0.717, 1.165) is 22.8 Å². The van der Waals surface area contributed by atoms with Gasteiger partial charge in [0.05, 0.1) is 6.54 Å². The normalized spacial score (nSPS) is 13.7. The molecule has 1 aromatic carbocycles. The molecule has 0 aliphatic rings. The number of aromatic nitrogens is 1. The van der Waals surface area contributed by atoms with Crippen LogP contribution >= 0.6 is 23.2 Å². The third-order valence-corrected chi connectivity index (χ3v) is 5.00. The highest BCUT2D eigenvalue weighted by Crippen LogP contribution is 2.19. The first-order valence-corrected chi connectivity index (χ1v) is 9.44. The molecule has 2 atom stereocenters. The molecule has 0 fully saturated rings. The summed E-state index contributed by atoms with van der Waals surface area (Å²) in [5.41, 5.74) is 2.21. The first-order valence-electron chi connectivity index (χ1n) is 8.62.